The van der Waals surface area contributed by atoms with E-state index in [1.54, 1.807) is 23.4 Å². The summed E-state index contributed by atoms with van der Waals surface area (Å²) >= 11 is 0. The number of hydrogen-bond acceptors (Lipinski definition) is 4. The lowest BCUT2D eigenvalue weighted by Gasteiger charge is -2.19. The van der Waals surface area contributed by atoms with Gasteiger partial charge in [0.05, 0.1) is 18.7 Å². The molecule has 2 aromatic carbocycles. The van der Waals surface area contributed by atoms with Crippen LogP contribution in [-0.4, -0.2) is 33.9 Å². The first-order valence-electron chi connectivity index (χ1n) is 9.16. The molecule has 0 spiro atoms. The molecular weight excluding hydrogens is 338 g/mol. The van der Waals surface area contributed by atoms with Crippen molar-refractivity contribution >= 4 is 5.91 Å². The fourth-order valence-electron chi connectivity index (χ4n) is 3.21. The Bertz CT molecular complexity index is 940. The SMILES string of the molecule is CCc1ccc(-c2ccc3c(c2)C(=O)N(Cc2ncccn2)CCO3)cc1. The molecule has 0 atom stereocenters. The number of carbonyl (C=O) groups is 1. The summed E-state index contributed by atoms with van der Waals surface area (Å²) in [6, 6.07) is 16.0. The van der Waals surface area contributed by atoms with Crippen molar-refractivity contribution in [3.05, 3.63) is 77.9 Å². The Hall–Kier alpha value is -3.21. The highest BCUT2D eigenvalue weighted by Gasteiger charge is 2.24. The molecule has 0 N–H and O–H groups in total. The smallest absolute Gasteiger partial charge is 0.258 e. The maximum absolute atomic E-state index is 13.1. The molecule has 0 aliphatic carbocycles. The number of hydrogen-bond donors (Lipinski definition) is 0. The number of benzene rings is 2. The predicted molar refractivity (Wildman–Crippen MR) is 104 cm³/mol. The number of aryl methyl sites for hydroxylation is 1. The molecule has 1 amide bonds. The van der Waals surface area contributed by atoms with Crippen LogP contribution in [0.15, 0.2) is 60.9 Å². The Balaban J connectivity index is 1.64. The van der Waals surface area contributed by atoms with Crippen molar-refractivity contribution in [2.75, 3.05) is 13.2 Å². The minimum absolute atomic E-state index is 0.0537. The number of ether oxygens (including phenoxy) is 1. The standard InChI is InChI=1S/C22H21N3O2/c1-2-16-4-6-17(7-5-16)18-8-9-20-19(14-18)22(26)25(12-13-27-20)15-21-23-10-3-11-24-21/h3-11,14H,2,12-13,15H2,1H3. The highest BCUT2D eigenvalue weighted by Crippen LogP contribution is 2.30. The lowest BCUT2D eigenvalue weighted by molar-refractivity contribution is 0.0738. The van der Waals surface area contributed by atoms with Crippen molar-refractivity contribution in [2.24, 2.45) is 0 Å². The van der Waals surface area contributed by atoms with Crippen LogP contribution in [0.25, 0.3) is 11.1 Å². The molecule has 1 aliphatic heterocycles. The zero-order chi connectivity index (χ0) is 18.6. The topological polar surface area (TPSA) is 55.3 Å². The van der Waals surface area contributed by atoms with Gasteiger partial charge in [0.15, 0.2) is 0 Å². The Morgan fingerprint density at radius 2 is 1.78 bits per heavy atom. The molecule has 0 radical (unpaired) electrons. The van der Waals surface area contributed by atoms with Crippen LogP contribution >= 0.6 is 0 Å². The van der Waals surface area contributed by atoms with Crippen LogP contribution in [0.3, 0.4) is 0 Å². The fourth-order valence-corrected chi connectivity index (χ4v) is 3.21. The van der Waals surface area contributed by atoms with Gasteiger partial charge in [-0.1, -0.05) is 37.3 Å². The maximum Gasteiger partial charge on any atom is 0.258 e. The molecule has 0 saturated carbocycles. The van der Waals surface area contributed by atoms with E-state index in [0.717, 1.165) is 17.5 Å². The third-order valence-corrected chi connectivity index (χ3v) is 4.76. The van der Waals surface area contributed by atoms with Crippen LogP contribution in [0.2, 0.25) is 0 Å². The number of rotatable bonds is 4. The second kappa shape index (κ2) is 7.58. The summed E-state index contributed by atoms with van der Waals surface area (Å²) in [7, 11) is 0. The van der Waals surface area contributed by atoms with Crippen molar-refractivity contribution in [2.45, 2.75) is 19.9 Å². The largest absolute Gasteiger partial charge is 0.491 e. The van der Waals surface area contributed by atoms with E-state index in [2.05, 4.69) is 41.2 Å². The first-order chi connectivity index (χ1) is 13.2. The van der Waals surface area contributed by atoms with Crippen molar-refractivity contribution in [1.29, 1.82) is 0 Å². The number of nitrogens with zero attached hydrogens (tertiary/aromatic N) is 3. The Labute approximate surface area is 158 Å². The maximum atomic E-state index is 13.1. The molecule has 0 unspecified atom stereocenters. The van der Waals surface area contributed by atoms with Gasteiger partial charge in [-0.3, -0.25) is 4.79 Å². The number of aromatic nitrogens is 2. The average molecular weight is 359 g/mol. The predicted octanol–water partition coefficient (Wildman–Crippen LogP) is 3.74. The van der Waals surface area contributed by atoms with Gasteiger partial charge in [-0.25, -0.2) is 9.97 Å². The number of amides is 1. The van der Waals surface area contributed by atoms with Gasteiger partial charge in [0.25, 0.3) is 5.91 Å². The van der Waals surface area contributed by atoms with Gasteiger partial charge >= 0.3 is 0 Å². The molecule has 0 fully saturated rings. The minimum Gasteiger partial charge on any atom is -0.491 e. The summed E-state index contributed by atoms with van der Waals surface area (Å²) in [4.78, 5) is 23.3. The first kappa shape index (κ1) is 17.2. The minimum atomic E-state index is -0.0537. The van der Waals surface area contributed by atoms with Crippen LogP contribution in [0.4, 0.5) is 0 Å². The summed E-state index contributed by atoms with van der Waals surface area (Å²) < 4.78 is 5.81. The molecule has 0 bridgehead atoms. The van der Waals surface area contributed by atoms with E-state index < -0.39 is 0 Å². The molecule has 136 valence electrons. The quantitative estimate of drug-likeness (QED) is 0.712. The monoisotopic (exact) mass is 359 g/mol. The van der Waals surface area contributed by atoms with Crippen LogP contribution < -0.4 is 4.74 Å². The number of fused-ring (bicyclic) bond motifs is 1. The van der Waals surface area contributed by atoms with Gasteiger partial charge in [-0.05, 0) is 41.3 Å². The van der Waals surface area contributed by atoms with E-state index in [0.29, 0.717) is 36.8 Å². The lowest BCUT2D eigenvalue weighted by atomic mass is 10.00. The molecule has 5 heteroatoms. The number of carbonyl (C=O) groups excluding carboxylic acids is 1. The van der Waals surface area contributed by atoms with Gasteiger partial charge in [-0.15, -0.1) is 0 Å². The van der Waals surface area contributed by atoms with E-state index in [9.17, 15) is 4.79 Å². The molecule has 2 heterocycles. The molecule has 0 saturated heterocycles. The van der Waals surface area contributed by atoms with Crippen molar-refractivity contribution in [3.63, 3.8) is 0 Å². The normalized spacial score (nSPS) is 13.7. The first-order valence-corrected chi connectivity index (χ1v) is 9.16. The van der Waals surface area contributed by atoms with Crippen LogP contribution in [0.1, 0.15) is 28.7 Å². The summed E-state index contributed by atoms with van der Waals surface area (Å²) in [6.45, 7) is 3.47. The Kier molecular flexibility index (Phi) is 4.83. The summed E-state index contributed by atoms with van der Waals surface area (Å²) in [5.41, 5.74) is 3.97. The highest BCUT2D eigenvalue weighted by molar-refractivity contribution is 5.98. The zero-order valence-corrected chi connectivity index (χ0v) is 15.3. The third-order valence-electron chi connectivity index (χ3n) is 4.76. The van der Waals surface area contributed by atoms with Crippen molar-refractivity contribution in [3.8, 4) is 16.9 Å². The Morgan fingerprint density at radius 1 is 1.04 bits per heavy atom. The van der Waals surface area contributed by atoms with Gasteiger partial charge < -0.3 is 9.64 Å². The molecular formula is C22H21N3O2. The van der Waals surface area contributed by atoms with E-state index in [1.807, 2.05) is 18.2 Å². The molecule has 27 heavy (non-hydrogen) atoms. The molecule has 5 nitrogen and oxygen atoms in total. The third kappa shape index (κ3) is 3.67. The van der Waals surface area contributed by atoms with Crippen LogP contribution in [-0.2, 0) is 13.0 Å². The van der Waals surface area contributed by atoms with E-state index in [4.69, 9.17) is 4.74 Å². The highest BCUT2D eigenvalue weighted by atomic mass is 16.5. The van der Waals surface area contributed by atoms with Crippen molar-refractivity contribution in [1.82, 2.24) is 14.9 Å². The summed E-state index contributed by atoms with van der Waals surface area (Å²) in [5, 5.41) is 0. The zero-order valence-electron chi connectivity index (χ0n) is 15.3. The van der Waals surface area contributed by atoms with Crippen LogP contribution in [0.5, 0.6) is 5.75 Å². The average Bonchev–Trinajstić information content (AvgIpc) is 2.88. The Morgan fingerprint density at radius 3 is 2.52 bits per heavy atom. The molecule has 1 aromatic heterocycles. The fraction of sp³-hybridized carbons (Fsp3) is 0.227. The van der Waals surface area contributed by atoms with E-state index >= 15 is 0 Å². The van der Waals surface area contributed by atoms with Crippen molar-refractivity contribution < 1.29 is 9.53 Å². The lowest BCUT2D eigenvalue weighted by Crippen LogP contribution is -2.32. The van der Waals surface area contributed by atoms with E-state index in [-0.39, 0.29) is 5.91 Å². The van der Waals surface area contributed by atoms with Gasteiger partial charge in [0.1, 0.15) is 18.2 Å². The summed E-state index contributed by atoms with van der Waals surface area (Å²) in [5.74, 6) is 1.20. The molecule has 1 aliphatic rings. The second-order valence-electron chi connectivity index (χ2n) is 6.50. The molecule has 3 aromatic rings. The second-order valence-corrected chi connectivity index (χ2v) is 6.50. The summed E-state index contributed by atoms with van der Waals surface area (Å²) in [6.07, 6.45) is 4.38. The van der Waals surface area contributed by atoms with Crippen LogP contribution in [0, 0.1) is 0 Å². The van der Waals surface area contributed by atoms with Gasteiger partial charge in [0, 0.05) is 12.4 Å². The van der Waals surface area contributed by atoms with E-state index in [1.165, 1.54) is 5.56 Å². The van der Waals surface area contributed by atoms with Gasteiger partial charge in [0.2, 0.25) is 0 Å². The van der Waals surface area contributed by atoms with Gasteiger partial charge in [-0.2, -0.15) is 0 Å². The molecule has 4 rings (SSSR count).